The zero-order valence-corrected chi connectivity index (χ0v) is 23.1. The fraction of sp³-hybridized carbons (Fsp3) is 0.200. The lowest BCUT2D eigenvalue weighted by Crippen LogP contribution is -2.23. The van der Waals surface area contributed by atoms with Gasteiger partial charge in [-0.1, -0.05) is 66.2 Å². The van der Waals surface area contributed by atoms with E-state index >= 15 is 0 Å². The van der Waals surface area contributed by atoms with E-state index < -0.39 is 0 Å². The van der Waals surface area contributed by atoms with Crippen LogP contribution in [-0.4, -0.2) is 26.3 Å². The molecule has 3 aromatic carbocycles. The Labute approximate surface area is 229 Å². The van der Waals surface area contributed by atoms with Gasteiger partial charge in [0.05, 0.1) is 17.1 Å². The third-order valence-electron chi connectivity index (χ3n) is 6.75. The number of nitrogens with one attached hydrogen (secondary N) is 1. The normalized spacial score (nSPS) is 12.4. The maximum atomic E-state index is 13.5. The van der Waals surface area contributed by atoms with Crippen LogP contribution in [0.5, 0.6) is 0 Å². The number of fused-ring (bicyclic) bond motifs is 2. The Morgan fingerprint density at radius 1 is 1.11 bits per heavy atom. The second-order valence-corrected chi connectivity index (χ2v) is 10.3. The molecule has 1 amide bonds. The van der Waals surface area contributed by atoms with Gasteiger partial charge in [0.1, 0.15) is 12.4 Å². The molecule has 38 heavy (non-hydrogen) atoms. The maximum Gasteiger partial charge on any atom is 0.282 e. The third kappa shape index (κ3) is 5.04. The van der Waals surface area contributed by atoms with E-state index in [9.17, 15) is 9.59 Å². The molecule has 5 rings (SSSR count). The number of carbonyl (C=O) groups is 1. The van der Waals surface area contributed by atoms with Crippen LogP contribution in [-0.2, 0) is 11.3 Å². The van der Waals surface area contributed by atoms with Gasteiger partial charge in [0.2, 0.25) is 5.91 Å². The fourth-order valence-electron chi connectivity index (χ4n) is 4.47. The van der Waals surface area contributed by atoms with Gasteiger partial charge in [0.15, 0.2) is 0 Å². The van der Waals surface area contributed by atoms with Gasteiger partial charge in [-0.3, -0.25) is 9.59 Å². The number of nitrogens with zero attached hydrogens (tertiary/aromatic N) is 4. The van der Waals surface area contributed by atoms with Crippen LogP contribution in [0.15, 0.2) is 87.3 Å². The number of amides is 1. The average molecular weight is 570 g/mol. The van der Waals surface area contributed by atoms with Crippen molar-refractivity contribution in [2.24, 2.45) is 5.10 Å². The molecule has 192 valence electrons. The molecule has 0 saturated heterocycles. The van der Waals surface area contributed by atoms with Crippen molar-refractivity contribution in [3.63, 3.8) is 0 Å². The van der Waals surface area contributed by atoms with Crippen molar-refractivity contribution in [1.29, 1.82) is 0 Å². The minimum Gasteiger partial charge on any atom is -0.337 e. The van der Waals surface area contributed by atoms with Gasteiger partial charge in [-0.25, -0.2) is 4.98 Å². The molecule has 8 heteroatoms. The molecule has 0 aliphatic heterocycles. The van der Waals surface area contributed by atoms with Crippen LogP contribution in [0.2, 0.25) is 0 Å². The summed E-state index contributed by atoms with van der Waals surface area (Å²) in [7, 11) is 0. The Kier molecular flexibility index (Phi) is 7.24. The highest BCUT2D eigenvalue weighted by Crippen LogP contribution is 2.23. The lowest BCUT2D eigenvalue weighted by molar-refractivity contribution is -0.116. The molecule has 1 N–H and O–H groups in total. The average Bonchev–Trinajstić information content (AvgIpc) is 3.26. The number of rotatable bonds is 7. The summed E-state index contributed by atoms with van der Waals surface area (Å²) in [5.41, 5.74) is 3.94. The Bertz CT molecular complexity index is 1750. The number of aryl methyl sites for hydroxylation is 1. The van der Waals surface area contributed by atoms with Crippen LogP contribution >= 0.6 is 15.9 Å². The molecule has 0 aliphatic carbocycles. The summed E-state index contributed by atoms with van der Waals surface area (Å²) >= 11 is 3.45. The zero-order chi connectivity index (χ0) is 26.8. The predicted molar refractivity (Wildman–Crippen MR) is 157 cm³/mol. The summed E-state index contributed by atoms with van der Waals surface area (Å²) in [6.07, 6.45) is 4.39. The highest BCUT2D eigenvalue weighted by Gasteiger charge is 2.16. The Morgan fingerprint density at radius 3 is 2.66 bits per heavy atom. The molecule has 1 atom stereocenters. The molecule has 0 fully saturated rings. The highest BCUT2D eigenvalue weighted by molar-refractivity contribution is 9.10. The van der Waals surface area contributed by atoms with E-state index in [2.05, 4.69) is 33.3 Å². The summed E-state index contributed by atoms with van der Waals surface area (Å²) in [5.74, 6) is 0.535. The van der Waals surface area contributed by atoms with Gasteiger partial charge in [-0.05, 0) is 49.2 Å². The van der Waals surface area contributed by atoms with E-state index in [4.69, 9.17) is 4.98 Å². The van der Waals surface area contributed by atoms with Crippen molar-refractivity contribution in [1.82, 2.24) is 14.2 Å². The first kappa shape index (κ1) is 25.6. The van der Waals surface area contributed by atoms with Crippen molar-refractivity contribution < 1.29 is 4.79 Å². The SMILES string of the molecule is CC[C@H](C)c1nc2ccc(Br)cc2c(=O)n1N=Cc1cn(CC(=O)Nc2ccccc2C)c2ccccc12. The number of hydrogen-bond donors (Lipinski definition) is 1. The number of carbonyl (C=O) groups excluding carboxylic acids is 1. The lowest BCUT2D eigenvalue weighted by Gasteiger charge is -2.13. The van der Waals surface area contributed by atoms with Gasteiger partial charge < -0.3 is 9.88 Å². The summed E-state index contributed by atoms with van der Waals surface area (Å²) in [6.45, 7) is 6.21. The van der Waals surface area contributed by atoms with Crippen LogP contribution < -0.4 is 10.9 Å². The predicted octanol–water partition coefficient (Wildman–Crippen LogP) is 6.46. The molecule has 7 nitrogen and oxygen atoms in total. The van der Waals surface area contributed by atoms with E-state index in [1.54, 1.807) is 12.3 Å². The quantitative estimate of drug-likeness (QED) is 0.228. The van der Waals surface area contributed by atoms with E-state index in [0.717, 1.165) is 38.6 Å². The minimum absolute atomic E-state index is 0.0411. The van der Waals surface area contributed by atoms with Crippen LogP contribution in [0.4, 0.5) is 5.69 Å². The van der Waals surface area contributed by atoms with Crippen molar-refractivity contribution >= 4 is 55.5 Å². The summed E-state index contributed by atoms with van der Waals surface area (Å²) in [6, 6.07) is 21.0. The lowest BCUT2D eigenvalue weighted by atomic mass is 10.1. The Morgan fingerprint density at radius 2 is 1.87 bits per heavy atom. The summed E-state index contributed by atoms with van der Waals surface area (Å²) in [5, 5.41) is 9.07. The minimum atomic E-state index is -0.218. The number of anilines is 1. The molecule has 5 aromatic rings. The van der Waals surface area contributed by atoms with E-state index in [-0.39, 0.29) is 23.9 Å². The second-order valence-electron chi connectivity index (χ2n) is 9.39. The molecule has 0 saturated carbocycles. The van der Waals surface area contributed by atoms with E-state index in [1.165, 1.54) is 4.68 Å². The molecule has 0 radical (unpaired) electrons. The van der Waals surface area contributed by atoms with Gasteiger partial charge in [0, 0.05) is 38.7 Å². The molecule has 2 aromatic heterocycles. The van der Waals surface area contributed by atoms with Crippen LogP contribution in [0.1, 0.15) is 43.1 Å². The molecule has 0 unspecified atom stereocenters. The first-order valence-corrected chi connectivity index (χ1v) is 13.3. The number of aromatic nitrogens is 3. The molecular formula is C30H28BrN5O2. The highest BCUT2D eigenvalue weighted by atomic mass is 79.9. The van der Waals surface area contributed by atoms with Crippen molar-refractivity contribution in [2.75, 3.05) is 5.32 Å². The van der Waals surface area contributed by atoms with E-state index in [1.807, 2.05) is 85.3 Å². The first-order valence-electron chi connectivity index (χ1n) is 12.6. The number of hydrogen-bond acceptors (Lipinski definition) is 4. The number of para-hydroxylation sites is 2. The Hall–Kier alpha value is -4.04. The molecule has 2 heterocycles. The molecule has 0 spiro atoms. The summed E-state index contributed by atoms with van der Waals surface area (Å²) in [4.78, 5) is 31.2. The van der Waals surface area contributed by atoms with Gasteiger partial charge in [0.25, 0.3) is 5.56 Å². The van der Waals surface area contributed by atoms with Crippen molar-refractivity contribution in [3.8, 4) is 0 Å². The topological polar surface area (TPSA) is 81.3 Å². The van der Waals surface area contributed by atoms with Crippen molar-refractivity contribution in [2.45, 2.75) is 39.7 Å². The van der Waals surface area contributed by atoms with Gasteiger partial charge in [-0.2, -0.15) is 9.78 Å². The van der Waals surface area contributed by atoms with Crippen LogP contribution in [0, 0.1) is 6.92 Å². The zero-order valence-electron chi connectivity index (χ0n) is 21.5. The largest absolute Gasteiger partial charge is 0.337 e. The smallest absolute Gasteiger partial charge is 0.282 e. The van der Waals surface area contributed by atoms with Crippen LogP contribution in [0.3, 0.4) is 0 Å². The monoisotopic (exact) mass is 569 g/mol. The number of halogens is 1. The summed E-state index contributed by atoms with van der Waals surface area (Å²) < 4.78 is 4.11. The standard InChI is InChI=1S/C30H28BrN5O2/c1-4-19(2)29-34-26-14-13-22(31)15-24(26)30(38)36(29)32-16-21-17-35(27-12-8-6-10-23(21)27)18-28(37)33-25-11-7-5-9-20(25)3/h5-17,19H,4,18H2,1-3H3,(H,33,37)/t19-/m0/s1. The van der Waals surface area contributed by atoms with Gasteiger partial charge >= 0.3 is 0 Å². The van der Waals surface area contributed by atoms with Crippen LogP contribution in [0.25, 0.3) is 21.8 Å². The van der Waals surface area contributed by atoms with Gasteiger partial charge in [-0.15, -0.1) is 0 Å². The molecular weight excluding hydrogens is 542 g/mol. The maximum absolute atomic E-state index is 13.5. The second kappa shape index (κ2) is 10.8. The fourth-order valence-corrected chi connectivity index (χ4v) is 4.83. The first-order chi connectivity index (χ1) is 18.4. The molecule has 0 aliphatic rings. The number of benzene rings is 3. The third-order valence-corrected chi connectivity index (χ3v) is 7.24. The van der Waals surface area contributed by atoms with E-state index in [0.29, 0.717) is 16.7 Å². The molecule has 0 bridgehead atoms. The van der Waals surface area contributed by atoms with Crippen molar-refractivity contribution in [3.05, 3.63) is 105 Å². The Balaban J connectivity index is 1.53.